The van der Waals surface area contributed by atoms with E-state index in [2.05, 4.69) is 10.3 Å². The van der Waals surface area contributed by atoms with E-state index in [1.807, 2.05) is 19.1 Å². The van der Waals surface area contributed by atoms with Gasteiger partial charge in [-0.1, -0.05) is 24.3 Å². The number of fused-ring (bicyclic) bond motifs is 1. The number of rotatable bonds is 4. The lowest BCUT2D eigenvalue weighted by Crippen LogP contribution is -2.23. The second-order valence-electron chi connectivity index (χ2n) is 5.53. The van der Waals surface area contributed by atoms with Gasteiger partial charge in [-0.3, -0.25) is 14.2 Å². The van der Waals surface area contributed by atoms with E-state index in [1.165, 1.54) is 17.0 Å². The van der Waals surface area contributed by atoms with E-state index >= 15 is 0 Å². The van der Waals surface area contributed by atoms with Crippen molar-refractivity contribution in [1.29, 1.82) is 0 Å². The van der Waals surface area contributed by atoms with Crippen LogP contribution in [0.3, 0.4) is 0 Å². The molecule has 0 spiro atoms. The van der Waals surface area contributed by atoms with Crippen LogP contribution in [0.25, 0.3) is 10.9 Å². The van der Waals surface area contributed by atoms with E-state index in [9.17, 15) is 14.7 Å². The van der Waals surface area contributed by atoms with Crippen molar-refractivity contribution in [2.24, 2.45) is 0 Å². The summed E-state index contributed by atoms with van der Waals surface area (Å²) < 4.78 is 1.42. The number of nitrogens with one attached hydrogen (secondary N) is 1. The molecule has 2 aromatic carbocycles. The Morgan fingerprint density at radius 3 is 2.79 bits per heavy atom. The van der Waals surface area contributed by atoms with Gasteiger partial charge in [0.25, 0.3) is 5.56 Å². The molecule has 6 nitrogen and oxygen atoms in total. The maximum atomic E-state index is 12.5. The molecular formula is C18H17N3O3. The normalized spacial score (nSPS) is 10.7. The Morgan fingerprint density at radius 1 is 1.21 bits per heavy atom. The molecule has 2 N–H and O–H groups in total. The molecule has 0 fully saturated rings. The maximum absolute atomic E-state index is 12.5. The number of hydrogen-bond donors (Lipinski definition) is 2. The third kappa shape index (κ3) is 3.12. The third-order valence-electron chi connectivity index (χ3n) is 3.81. The Bertz CT molecular complexity index is 963. The number of phenolic OH excluding ortho intramolecular Hbond substituents is 1. The van der Waals surface area contributed by atoms with Crippen molar-refractivity contribution in [3.8, 4) is 5.75 Å². The molecule has 0 aliphatic heterocycles. The molecule has 0 aliphatic carbocycles. The van der Waals surface area contributed by atoms with Gasteiger partial charge < -0.3 is 10.4 Å². The number of carbonyl (C=O) groups is 1. The summed E-state index contributed by atoms with van der Waals surface area (Å²) in [7, 11) is 0. The quantitative estimate of drug-likeness (QED) is 0.722. The molecule has 3 rings (SSSR count). The fourth-order valence-corrected chi connectivity index (χ4v) is 2.51. The highest BCUT2D eigenvalue weighted by atomic mass is 16.3. The zero-order valence-corrected chi connectivity index (χ0v) is 13.2. The monoisotopic (exact) mass is 323 g/mol. The second kappa shape index (κ2) is 6.54. The number of aromatic hydroxyl groups is 1. The van der Waals surface area contributed by atoms with Gasteiger partial charge in [0.2, 0.25) is 5.91 Å². The van der Waals surface area contributed by atoms with E-state index in [-0.39, 0.29) is 30.2 Å². The molecule has 122 valence electrons. The summed E-state index contributed by atoms with van der Waals surface area (Å²) in [6.45, 7) is 2.12. The Kier molecular flexibility index (Phi) is 4.29. The fourth-order valence-electron chi connectivity index (χ4n) is 2.51. The van der Waals surface area contributed by atoms with Crippen LogP contribution < -0.4 is 10.9 Å². The molecule has 24 heavy (non-hydrogen) atoms. The summed E-state index contributed by atoms with van der Waals surface area (Å²) in [6.07, 6.45) is 1.57. The van der Waals surface area contributed by atoms with Crippen LogP contribution in [0, 0.1) is 6.92 Å². The average Bonchev–Trinajstić information content (AvgIpc) is 2.57. The molecule has 1 aromatic heterocycles. The summed E-state index contributed by atoms with van der Waals surface area (Å²) in [5.74, 6) is -0.279. The number of phenols is 1. The molecule has 1 amide bonds. The summed E-state index contributed by atoms with van der Waals surface area (Å²) in [6, 6.07) is 11.9. The highest BCUT2D eigenvalue weighted by Crippen LogP contribution is 2.21. The van der Waals surface area contributed by atoms with Crippen molar-refractivity contribution < 1.29 is 9.90 Å². The SMILES string of the molecule is Cc1cccc2c(=O)n(CCC(=O)Nc3ccccc3O)cnc12. The van der Waals surface area contributed by atoms with Gasteiger partial charge in [0.05, 0.1) is 22.9 Å². The second-order valence-corrected chi connectivity index (χ2v) is 5.53. The molecule has 3 aromatic rings. The number of benzene rings is 2. The largest absolute Gasteiger partial charge is 0.506 e. The van der Waals surface area contributed by atoms with E-state index in [0.29, 0.717) is 16.6 Å². The Hall–Kier alpha value is -3.15. The lowest BCUT2D eigenvalue weighted by Gasteiger charge is -2.09. The van der Waals surface area contributed by atoms with Crippen molar-refractivity contribution >= 4 is 22.5 Å². The van der Waals surface area contributed by atoms with Crippen LogP contribution in [0.4, 0.5) is 5.69 Å². The van der Waals surface area contributed by atoms with Crippen LogP contribution >= 0.6 is 0 Å². The smallest absolute Gasteiger partial charge is 0.261 e. The molecule has 0 saturated carbocycles. The molecule has 0 bridgehead atoms. The Morgan fingerprint density at radius 2 is 2.00 bits per heavy atom. The number of amides is 1. The molecule has 0 unspecified atom stereocenters. The highest BCUT2D eigenvalue weighted by molar-refractivity contribution is 5.92. The minimum atomic E-state index is -0.285. The van der Waals surface area contributed by atoms with Gasteiger partial charge in [0.1, 0.15) is 5.75 Å². The molecule has 0 radical (unpaired) electrons. The lowest BCUT2D eigenvalue weighted by molar-refractivity contribution is -0.116. The van der Waals surface area contributed by atoms with E-state index in [1.54, 1.807) is 24.3 Å². The summed E-state index contributed by atoms with van der Waals surface area (Å²) in [5, 5.41) is 12.8. The molecule has 0 atom stereocenters. The van der Waals surface area contributed by atoms with Gasteiger partial charge in [-0.15, -0.1) is 0 Å². The van der Waals surface area contributed by atoms with Crippen LogP contribution in [-0.2, 0) is 11.3 Å². The van der Waals surface area contributed by atoms with Gasteiger partial charge in [-0.2, -0.15) is 0 Å². The first-order valence-electron chi connectivity index (χ1n) is 7.59. The predicted molar refractivity (Wildman–Crippen MR) is 92.1 cm³/mol. The Balaban J connectivity index is 1.74. The molecule has 0 saturated heterocycles. The van der Waals surface area contributed by atoms with Crippen molar-refractivity contribution in [2.45, 2.75) is 19.9 Å². The molecule has 0 aliphatic rings. The van der Waals surface area contributed by atoms with Gasteiger partial charge in [0.15, 0.2) is 0 Å². The predicted octanol–water partition coefficient (Wildman–Crippen LogP) is 2.44. The van der Waals surface area contributed by atoms with Crippen LogP contribution in [0.1, 0.15) is 12.0 Å². The summed E-state index contributed by atoms with van der Waals surface area (Å²) >= 11 is 0. The van der Waals surface area contributed by atoms with Gasteiger partial charge in [0, 0.05) is 13.0 Å². The van der Waals surface area contributed by atoms with Gasteiger partial charge in [-0.05, 0) is 30.7 Å². The molecule has 6 heteroatoms. The van der Waals surface area contributed by atoms with Crippen molar-refractivity contribution in [2.75, 3.05) is 5.32 Å². The number of nitrogens with zero attached hydrogens (tertiary/aromatic N) is 2. The standard InChI is InChI=1S/C18H17N3O3/c1-12-5-4-6-13-17(12)19-11-21(18(13)24)10-9-16(23)20-14-7-2-3-8-15(14)22/h2-8,11,22H,9-10H2,1H3,(H,20,23). The van der Waals surface area contributed by atoms with E-state index in [0.717, 1.165) is 5.56 Å². The Labute approximate surface area is 138 Å². The van der Waals surface area contributed by atoms with Crippen LogP contribution in [-0.4, -0.2) is 20.6 Å². The highest BCUT2D eigenvalue weighted by Gasteiger charge is 2.09. The fraction of sp³-hybridized carbons (Fsp3) is 0.167. The van der Waals surface area contributed by atoms with Gasteiger partial charge >= 0.3 is 0 Å². The zero-order valence-electron chi connectivity index (χ0n) is 13.2. The zero-order chi connectivity index (χ0) is 17.1. The summed E-state index contributed by atoms with van der Waals surface area (Å²) in [4.78, 5) is 28.8. The summed E-state index contributed by atoms with van der Waals surface area (Å²) in [5.41, 5.74) is 1.80. The van der Waals surface area contributed by atoms with Crippen molar-refractivity contribution in [1.82, 2.24) is 9.55 Å². The first-order valence-corrected chi connectivity index (χ1v) is 7.59. The van der Waals surface area contributed by atoms with Gasteiger partial charge in [-0.25, -0.2) is 4.98 Å². The van der Waals surface area contributed by atoms with E-state index < -0.39 is 0 Å². The minimum absolute atomic E-state index is 0.00543. The molecular weight excluding hydrogens is 306 g/mol. The lowest BCUT2D eigenvalue weighted by atomic mass is 10.1. The number of para-hydroxylation sites is 3. The number of anilines is 1. The first-order chi connectivity index (χ1) is 11.6. The van der Waals surface area contributed by atoms with E-state index in [4.69, 9.17) is 0 Å². The number of carbonyl (C=O) groups excluding carboxylic acids is 1. The van der Waals surface area contributed by atoms with Crippen LogP contribution in [0.2, 0.25) is 0 Å². The number of aryl methyl sites for hydroxylation is 2. The number of hydrogen-bond acceptors (Lipinski definition) is 4. The average molecular weight is 323 g/mol. The molecule has 1 heterocycles. The topological polar surface area (TPSA) is 84.2 Å². The van der Waals surface area contributed by atoms with Crippen molar-refractivity contribution in [3.05, 3.63) is 64.7 Å². The maximum Gasteiger partial charge on any atom is 0.261 e. The number of aromatic nitrogens is 2. The minimum Gasteiger partial charge on any atom is -0.506 e. The first kappa shape index (κ1) is 15.7. The van der Waals surface area contributed by atoms with Crippen LogP contribution in [0.5, 0.6) is 5.75 Å². The van der Waals surface area contributed by atoms with Crippen molar-refractivity contribution in [3.63, 3.8) is 0 Å². The van der Waals surface area contributed by atoms with Crippen LogP contribution in [0.15, 0.2) is 53.6 Å². The third-order valence-corrected chi connectivity index (χ3v) is 3.81.